The molecule has 0 amide bonds. The minimum Gasteiger partial charge on any atom is -0.324 e. The van der Waals surface area contributed by atoms with Gasteiger partial charge in [0.25, 0.3) is 0 Å². The van der Waals surface area contributed by atoms with Crippen LogP contribution < -0.4 is 0 Å². The molecule has 0 saturated heterocycles. The van der Waals surface area contributed by atoms with Gasteiger partial charge in [0.15, 0.2) is 0 Å². The largest absolute Gasteiger partial charge is 0.324 e. The summed E-state index contributed by atoms with van der Waals surface area (Å²) in [4.78, 5) is 4.45. The number of fused-ring (bicyclic) bond motifs is 1. The Kier molecular flexibility index (Phi) is 4.74. The van der Waals surface area contributed by atoms with Crippen LogP contribution in [0, 0.1) is 12.7 Å². The molecule has 104 valence electrons. The summed E-state index contributed by atoms with van der Waals surface area (Å²) in [5.41, 5.74) is 2.31. The zero-order valence-corrected chi connectivity index (χ0v) is 13.0. The van der Waals surface area contributed by atoms with Gasteiger partial charge in [0.05, 0.1) is 16.9 Å². The maximum atomic E-state index is 13.6. The average molecular weight is 301 g/mol. The number of thioether (sulfide) groups is 1. The van der Waals surface area contributed by atoms with Gasteiger partial charge in [-0.15, -0.1) is 11.6 Å². The Bertz CT molecular complexity index is 582. The predicted molar refractivity (Wildman–Crippen MR) is 81.7 cm³/mol. The molecule has 2 rings (SSSR count). The van der Waals surface area contributed by atoms with Crippen LogP contribution in [-0.2, 0) is 5.88 Å². The fourth-order valence-corrected chi connectivity index (χ4v) is 3.04. The molecule has 0 spiro atoms. The molecule has 1 heterocycles. The van der Waals surface area contributed by atoms with Gasteiger partial charge < -0.3 is 4.57 Å². The molecule has 0 N–H and O–H groups in total. The topological polar surface area (TPSA) is 17.8 Å². The summed E-state index contributed by atoms with van der Waals surface area (Å²) in [5.74, 6) is 2.03. The summed E-state index contributed by atoms with van der Waals surface area (Å²) in [5, 5.41) is 0. The van der Waals surface area contributed by atoms with Gasteiger partial charge in [0, 0.05) is 12.1 Å². The molecule has 0 aliphatic carbocycles. The number of nitrogens with zero attached hydrogens (tertiary/aromatic N) is 2. The summed E-state index contributed by atoms with van der Waals surface area (Å²) >= 11 is 7.80. The zero-order chi connectivity index (χ0) is 14.0. The predicted octanol–water partition coefficient (Wildman–Crippen LogP) is 4.54. The van der Waals surface area contributed by atoms with Crippen LogP contribution in [0.5, 0.6) is 0 Å². The molecule has 0 fully saturated rings. The number of benzene rings is 1. The Morgan fingerprint density at radius 2 is 2.21 bits per heavy atom. The molecule has 2 nitrogen and oxygen atoms in total. The highest BCUT2D eigenvalue weighted by molar-refractivity contribution is 7.98. The van der Waals surface area contributed by atoms with Gasteiger partial charge in [0.2, 0.25) is 0 Å². The van der Waals surface area contributed by atoms with Crippen LogP contribution >= 0.6 is 23.4 Å². The van der Waals surface area contributed by atoms with E-state index in [1.54, 1.807) is 6.92 Å². The van der Waals surface area contributed by atoms with Gasteiger partial charge in [-0.1, -0.05) is 0 Å². The van der Waals surface area contributed by atoms with Crippen molar-refractivity contribution >= 4 is 34.4 Å². The number of rotatable bonds is 5. The molecule has 1 aromatic heterocycles. The molecule has 0 saturated carbocycles. The Morgan fingerprint density at radius 3 is 2.84 bits per heavy atom. The molecule has 19 heavy (non-hydrogen) atoms. The first kappa shape index (κ1) is 14.7. The SMILES string of the molecule is CSCCC(C)n1c(CCl)nc2cc(F)c(C)cc21. The second-order valence-electron chi connectivity index (χ2n) is 4.75. The van der Waals surface area contributed by atoms with Crippen molar-refractivity contribution < 1.29 is 4.39 Å². The molecule has 0 aliphatic rings. The van der Waals surface area contributed by atoms with Crippen LogP contribution in [0.25, 0.3) is 11.0 Å². The highest BCUT2D eigenvalue weighted by Gasteiger charge is 2.16. The molecule has 0 aliphatic heterocycles. The molecule has 1 aromatic carbocycles. The summed E-state index contributed by atoms with van der Waals surface area (Å²) in [6.07, 6.45) is 3.15. The summed E-state index contributed by atoms with van der Waals surface area (Å²) in [6.45, 7) is 3.94. The van der Waals surface area contributed by atoms with E-state index in [4.69, 9.17) is 11.6 Å². The first-order valence-corrected chi connectivity index (χ1v) is 8.23. The Labute approximate surface area is 122 Å². The van der Waals surface area contributed by atoms with Crippen molar-refractivity contribution in [3.63, 3.8) is 0 Å². The lowest BCUT2D eigenvalue weighted by Gasteiger charge is -2.16. The highest BCUT2D eigenvalue weighted by atomic mass is 35.5. The van der Waals surface area contributed by atoms with E-state index in [-0.39, 0.29) is 5.82 Å². The molecule has 0 bridgehead atoms. The Hall–Kier alpha value is -0.740. The summed E-state index contributed by atoms with van der Waals surface area (Å²) in [7, 11) is 0. The van der Waals surface area contributed by atoms with Crippen molar-refractivity contribution in [2.75, 3.05) is 12.0 Å². The lowest BCUT2D eigenvalue weighted by Crippen LogP contribution is -2.09. The maximum absolute atomic E-state index is 13.6. The van der Waals surface area contributed by atoms with E-state index < -0.39 is 0 Å². The number of imidazole rings is 1. The number of hydrogen-bond acceptors (Lipinski definition) is 2. The number of hydrogen-bond donors (Lipinski definition) is 0. The Balaban J connectivity index is 2.53. The Morgan fingerprint density at radius 1 is 1.47 bits per heavy atom. The second-order valence-corrected chi connectivity index (χ2v) is 6.01. The van der Waals surface area contributed by atoms with E-state index in [1.807, 2.05) is 17.8 Å². The number of alkyl halides is 1. The van der Waals surface area contributed by atoms with E-state index in [9.17, 15) is 4.39 Å². The molecular formula is C14H18ClFN2S. The van der Waals surface area contributed by atoms with Gasteiger partial charge in [-0.2, -0.15) is 11.8 Å². The lowest BCUT2D eigenvalue weighted by molar-refractivity contribution is 0.533. The van der Waals surface area contributed by atoms with E-state index in [0.717, 1.165) is 23.5 Å². The van der Waals surface area contributed by atoms with Crippen molar-refractivity contribution in [3.8, 4) is 0 Å². The van der Waals surface area contributed by atoms with E-state index >= 15 is 0 Å². The minimum atomic E-state index is -0.213. The van der Waals surface area contributed by atoms with E-state index in [1.165, 1.54) is 6.07 Å². The number of halogens is 2. The van der Waals surface area contributed by atoms with Crippen LogP contribution in [-0.4, -0.2) is 21.6 Å². The van der Waals surface area contributed by atoms with E-state index in [2.05, 4.69) is 22.7 Å². The number of aryl methyl sites for hydroxylation is 1. The van der Waals surface area contributed by atoms with Crippen LogP contribution in [0.3, 0.4) is 0 Å². The normalized spacial score (nSPS) is 13.1. The quantitative estimate of drug-likeness (QED) is 0.755. The lowest BCUT2D eigenvalue weighted by atomic mass is 10.2. The first-order valence-electron chi connectivity index (χ1n) is 6.30. The van der Waals surface area contributed by atoms with E-state index in [0.29, 0.717) is 23.0 Å². The van der Waals surface area contributed by atoms with Gasteiger partial charge in [-0.25, -0.2) is 9.37 Å². The van der Waals surface area contributed by atoms with Crippen molar-refractivity contribution in [3.05, 3.63) is 29.3 Å². The van der Waals surface area contributed by atoms with Crippen LogP contribution in [0.1, 0.15) is 30.8 Å². The molecule has 2 aromatic rings. The summed E-state index contributed by atoms with van der Waals surface area (Å²) < 4.78 is 15.8. The third-order valence-corrected chi connectivity index (χ3v) is 4.23. The van der Waals surface area contributed by atoms with Crippen LogP contribution in [0.15, 0.2) is 12.1 Å². The van der Waals surface area contributed by atoms with Gasteiger partial charge in [-0.05, 0) is 43.9 Å². The smallest absolute Gasteiger partial charge is 0.128 e. The van der Waals surface area contributed by atoms with Gasteiger partial charge in [-0.3, -0.25) is 0 Å². The standard InChI is InChI=1S/C14H18ClFN2S/c1-9-6-13-12(7-11(9)16)17-14(8-15)18(13)10(2)4-5-19-3/h6-7,10H,4-5,8H2,1-3H3. The van der Waals surface area contributed by atoms with Gasteiger partial charge in [0.1, 0.15) is 11.6 Å². The average Bonchev–Trinajstić information content (AvgIpc) is 2.74. The molecule has 5 heteroatoms. The zero-order valence-electron chi connectivity index (χ0n) is 11.4. The monoisotopic (exact) mass is 300 g/mol. The highest BCUT2D eigenvalue weighted by Crippen LogP contribution is 2.26. The fourth-order valence-electron chi connectivity index (χ4n) is 2.27. The van der Waals surface area contributed by atoms with Crippen LogP contribution in [0.2, 0.25) is 0 Å². The van der Waals surface area contributed by atoms with Crippen molar-refractivity contribution in [1.82, 2.24) is 9.55 Å². The van der Waals surface area contributed by atoms with Crippen LogP contribution in [0.4, 0.5) is 4.39 Å². The molecular weight excluding hydrogens is 283 g/mol. The third kappa shape index (κ3) is 2.90. The molecule has 0 radical (unpaired) electrons. The van der Waals surface area contributed by atoms with Crippen molar-refractivity contribution in [1.29, 1.82) is 0 Å². The number of aromatic nitrogens is 2. The molecule has 1 unspecified atom stereocenters. The van der Waals surface area contributed by atoms with Crippen molar-refractivity contribution in [2.24, 2.45) is 0 Å². The maximum Gasteiger partial charge on any atom is 0.128 e. The van der Waals surface area contributed by atoms with Crippen molar-refractivity contribution in [2.45, 2.75) is 32.2 Å². The third-order valence-electron chi connectivity index (χ3n) is 3.34. The first-order chi connectivity index (χ1) is 9.08. The molecule has 1 atom stereocenters. The minimum absolute atomic E-state index is 0.213. The summed E-state index contributed by atoms with van der Waals surface area (Å²) in [6, 6.07) is 3.68. The van der Waals surface area contributed by atoms with Gasteiger partial charge >= 0.3 is 0 Å². The fraction of sp³-hybridized carbons (Fsp3) is 0.500. The second kappa shape index (κ2) is 6.14.